The Bertz CT molecular complexity index is 1030. The lowest BCUT2D eigenvalue weighted by atomic mass is 10.1. The summed E-state index contributed by atoms with van der Waals surface area (Å²) in [6, 6.07) is 5.09. The Morgan fingerprint density at radius 2 is 2.11 bits per heavy atom. The summed E-state index contributed by atoms with van der Waals surface area (Å²) in [5.74, 6) is 0.698. The van der Waals surface area contributed by atoms with Gasteiger partial charge in [0.15, 0.2) is 0 Å². The lowest BCUT2D eigenvalue weighted by Crippen LogP contribution is -2.28. The van der Waals surface area contributed by atoms with Crippen LogP contribution >= 0.6 is 0 Å². The highest BCUT2D eigenvalue weighted by Gasteiger charge is 2.34. The maximum atomic E-state index is 12.0. The first kappa shape index (κ1) is 18.9. The average Bonchev–Trinajstić information content (AvgIpc) is 3.11. The minimum absolute atomic E-state index is 0.0469. The molecule has 2 aromatic rings. The molecule has 28 heavy (non-hydrogen) atoms. The third-order valence-corrected chi connectivity index (χ3v) is 3.83. The summed E-state index contributed by atoms with van der Waals surface area (Å²) in [4.78, 5) is 36.8. The van der Waals surface area contributed by atoms with Crippen LogP contribution < -0.4 is 26.0 Å². The van der Waals surface area contributed by atoms with Crippen LogP contribution in [0.3, 0.4) is 0 Å². The molecule has 1 amide bonds. The third kappa shape index (κ3) is 3.79. The lowest BCUT2D eigenvalue weighted by molar-refractivity contribution is -0.135. The van der Waals surface area contributed by atoms with Crippen molar-refractivity contribution in [2.45, 2.75) is 13.2 Å². The molecule has 1 aromatic heterocycles. The number of hydrogen-bond donors (Lipinski definition) is 3. The van der Waals surface area contributed by atoms with E-state index in [0.717, 1.165) is 5.01 Å². The Labute approximate surface area is 158 Å². The number of hydrazone groups is 1. The van der Waals surface area contributed by atoms with Crippen molar-refractivity contribution in [1.82, 2.24) is 20.2 Å². The maximum Gasteiger partial charge on any atom is 0.342 e. The number of rotatable bonds is 6. The van der Waals surface area contributed by atoms with Gasteiger partial charge >= 0.3 is 5.69 Å². The Balaban J connectivity index is 1.83. The van der Waals surface area contributed by atoms with Crippen LogP contribution in [-0.2, 0) is 9.53 Å². The van der Waals surface area contributed by atoms with E-state index in [9.17, 15) is 14.4 Å². The molecule has 0 bridgehead atoms. The fourth-order valence-electron chi connectivity index (χ4n) is 2.54. The van der Waals surface area contributed by atoms with E-state index in [2.05, 4.69) is 20.6 Å². The van der Waals surface area contributed by atoms with Crippen LogP contribution in [0.5, 0.6) is 11.5 Å². The fraction of sp³-hybridized carbons (Fsp3) is 0.312. The molecular weight excluding hydrogens is 372 g/mol. The standard InChI is InChI=1S/C16H18N6O6/c1-8(23)22-15(10-6-9(26-2)4-5-11(10)27-3)28-12(21-22)7-17-13-14(24)18-16(25)20-19-13/h4-6,15H,7H2,1-3H3,(H,17,19)(H2,18,20,24,25). The number of nitrogens with one attached hydrogen (secondary N) is 3. The van der Waals surface area contributed by atoms with Gasteiger partial charge in [0, 0.05) is 6.92 Å². The van der Waals surface area contributed by atoms with E-state index in [-0.39, 0.29) is 24.2 Å². The number of amides is 1. The van der Waals surface area contributed by atoms with Gasteiger partial charge in [0.25, 0.3) is 5.56 Å². The number of ether oxygens (including phenoxy) is 3. The first-order valence-electron chi connectivity index (χ1n) is 8.11. The zero-order valence-corrected chi connectivity index (χ0v) is 15.3. The number of benzene rings is 1. The molecule has 3 N–H and O–H groups in total. The van der Waals surface area contributed by atoms with Crippen LogP contribution in [0, 0.1) is 0 Å². The number of carbonyl (C=O) groups excluding carboxylic acids is 1. The molecule has 1 aliphatic heterocycles. The Hall–Kier alpha value is -3.83. The van der Waals surface area contributed by atoms with E-state index in [0.29, 0.717) is 17.1 Å². The molecule has 0 aliphatic carbocycles. The lowest BCUT2D eigenvalue weighted by Gasteiger charge is -2.21. The molecule has 0 fully saturated rings. The van der Waals surface area contributed by atoms with Crippen molar-refractivity contribution in [3.63, 3.8) is 0 Å². The number of hydrogen-bond acceptors (Lipinski definition) is 9. The average molecular weight is 390 g/mol. The van der Waals surface area contributed by atoms with Gasteiger partial charge in [0.1, 0.15) is 11.5 Å². The van der Waals surface area contributed by atoms with Crippen molar-refractivity contribution in [3.8, 4) is 11.5 Å². The van der Waals surface area contributed by atoms with Gasteiger partial charge in [0.2, 0.25) is 23.9 Å². The van der Waals surface area contributed by atoms with Gasteiger partial charge in [0.05, 0.1) is 26.3 Å². The summed E-state index contributed by atoms with van der Waals surface area (Å²) in [5.41, 5.74) is -0.884. The first-order chi connectivity index (χ1) is 13.4. The van der Waals surface area contributed by atoms with E-state index < -0.39 is 17.5 Å². The zero-order chi connectivity index (χ0) is 20.3. The Morgan fingerprint density at radius 1 is 1.32 bits per heavy atom. The molecule has 0 saturated carbocycles. The molecule has 0 radical (unpaired) electrons. The minimum Gasteiger partial charge on any atom is -0.497 e. The summed E-state index contributed by atoms with van der Waals surface area (Å²) in [5, 5.41) is 13.7. The molecule has 12 nitrogen and oxygen atoms in total. The van der Waals surface area contributed by atoms with Gasteiger partial charge in [-0.25, -0.2) is 9.89 Å². The molecule has 12 heteroatoms. The fourth-order valence-corrected chi connectivity index (χ4v) is 2.54. The summed E-state index contributed by atoms with van der Waals surface area (Å²) in [6.07, 6.45) is -0.874. The smallest absolute Gasteiger partial charge is 0.342 e. The van der Waals surface area contributed by atoms with Crippen molar-refractivity contribution in [1.29, 1.82) is 0 Å². The van der Waals surface area contributed by atoms with Crippen LogP contribution in [0.25, 0.3) is 0 Å². The Kier molecular flexibility index (Phi) is 5.29. The quantitative estimate of drug-likeness (QED) is 0.612. The van der Waals surface area contributed by atoms with Gasteiger partial charge in [-0.1, -0.05) is 0 Å². The predicted molar refractivity (Wildman–Crippen MR) is 97.3 cm³/mol. The third-order valence-electron chi connectivity index (χ3n) is 3.83. The molecule has 148 valence electrons. The molecule has 1 atom stereocenters. The van der Waals surface area contributed by atoms with E-state index >= 15 is 0 Å². The second-order valence-corrected chi connectivity index (χ2v) is 5.64. The summed E-state index contributed by atoms with van der Waals surface area (Å²) in [6.45, 7) is 1.30. The predicted octanol–water partition coefficient (Wildman–Crippen LogP) is -0.222. The monoisotopic (exact) mass is 390 g/mol. The number of methoxy groups -OCH3 is 2. The summed E-state index contributed by atoms with van der Waals surface area (Å²) >= 11 is 0. The van der Waals surface area contributed by atoms with E-state index in [1.54, 1.807) is 18.2 Å². The van der Waals surface area contributed by atoms with Crippen LogP contribution in [-0.4, -0.2) is 52.8 Å². The normalized spacial score (nSPS) is 15.6. The van der Waals surface area contributed by atoms with Gasteiger partial charge < -0.3 is 19.5 Å². The highest BCUT2D eigenvalue weighted by atomic mass is 16.5. The molecule has 0 saturated heterocycles. The number of aromatic nitrogens is 3. The van der Waals surface area contributed by atoms with Gasteiger partial charge in [-0.2, -0.15) is 5.01 Å². The molecule has 1 aromatic carbocycles. The van der Waals surface area contributed by atoms with Crippen molar-refractivity contribution in [2.24, 2.45) is 5.10 Å². The van der Waals surface area contributed by atoms with Crippen LogP contribution in [0.15, 0.2) is 32.9 Å². The van der Waals surface area contributed by atoms with E-state index in [1.165, 1.54) is 21.1 Å². The van der Waals surface area contributed by atoms with E-state index in [1.807, 2.05) is 4.98 Å². The van der Waals surface area contributed by atoms with Crippen molar-refractivity contribution >= 4 is 17.6 Å². The van der Waals surface area contributed by atoms with Gasteiger partial charge in [-0.05, 0) is 18.2 Å². The highest BCUT2D eigenvalue weighted by molar-refractivity contribution is 5.85. The number of nitrogens with zero attached hydrogens (tertiary/aromatic N) is 3. The van der Waals surface area contributed by atoms with Gasteiger partial charge in [-0.15, -0.1) is 10.2 Å². The van der Waals surface area contributed by atoms with Crippen LogP contribution in [0.1, 0.15) is 18.7 Å². The summed E-state index contributed by atoms with van der Waals surface area (Å²) < 4.78 is 16.4. The Morgan fingerprint density at radius 3 is 2.75 bits per heavy atom. The van der Waals surface area contributed by atoms with E-state index in [4.69, 9.17) is 14.2 Å². The van der Waals surface area contributed by atoms with Gasteiger partial charge in [-0.3, -0.25) is 14.6 Å². The van der Waals surface area contributed by atoms with Crippen LogP contribution in [0.4, 0.5) is 5.82 Å². The minimum atomic E-state index is -0.874. The largest absolute Gasteiger partial charge is 0.497 e. The number of anilines is 1. The number of carbonyl (C=O) groups is 1. The molecule has 2 heterocycles. The van der Waals surface area contributed by atoms with Crippen molar-refractivity contribution < 1.29 is 19.0 Å². The molecule has 1 unspecified atom stereocenters. The maximum absolute atomic E-state index is 12.0. The second-order valence-electron chi connectivity index (χ2n) is 5.64. The molecule has 1 aliphatic rings. The number of H-pyrrole nitrogens is 2. The number of aromatic amines is 2. The first-order valence-corrected chi connectivity index (χ1v) is 8.11. The molecule has 3 rings (SSSR count). The van der Waals surface area contributed by atoms with Crippen molar-refractivity contribution in [3.05, 3.63) is 44.6 Å². The summed E-state index contributed by atoms with van der Waals surface area (Å²) in [7, 11) is 3.01. The molecular formula is C16H18N6O6. The van der Waals surface area contributed by atoms with Crippen molar-refractivity contribution in [2.75, 3.05) is 26.1 Å². The zero-order valence-electron chi connectivity index (χ0n) is 15.3. The highest BCUT2D eigenvalue weighted by Crippen LogP contribution is 2.36. The topological polar surface area (TPSA) is 151 Å². The molecule has 0 spiro atoms. The second kappa shape index (κ2) is 7.82. The SMILES string of the molecule is COc1ccc(OC)c(C2OC(CNc3n[nH]c(=O)[nH]c3=O)=NN2C(C)=O)c1. The van der Waals surface area contributed by atoms with Crippen LogP contribution in [0.2, 0.25) is 0 Å².